The van der Waals surface area contributed by atoms with Crippen molar-refractivity contribution in [2.45, 2.75) is 58.4 Å². The topological polar surface area (TPSA) is 35.6 Å². The highest BCUT2D eigenvalue weighted by Gasteiger charge is 2.31. The Hall–Kier alpha value is -1.39. The van der Waals surface area contributed by atoms with Crippen molar-refractivity contribution in [3.05, 3.63) is 35.9 Å². The third-order valence-corrected chi connectivity index (χ3v) is 6.48. The highest BCUT2D eigenvalue weighted by atomic mass is 16.1. The number of rotatable bonds is 8. The number of carbonyl (C=O) groups is 1. The normalized spacial score (nSPS) is 22.5. The van der Waals surface area contributed by atoms with E-state index < -0.39 is 0 Å². The molecule has 0 radical (unpaired) electrons. The van der Waals surface area contributed by atoms with Gasteiger partial charge >= 0.3 is 0 Å². The van der Waals surface area contributed by atoms with Crippen LogP contribution in [-0.2, 0) is 11.2 Å². The quantitative estimate of drug-likeness (QED) is 0.743. The van der Waals surface area contributed by atoms with Crippen molar-refractivity contribution >= 4 is 5.91 Å². The first-order valence-corrected chi connectivity index (χ1v) is 11.4. The van der Waals surface area contributed by atoms with Crippen LogP contribution in [0.15, 0.2) is 30.3 Å². The predicted octanol–water partition coefficient (Wildman–Crippen LogP) is 3.57. The lowest BCUT2D eigenvalue weighted by Gasteiger charge is -2.42. The molecule has 1 aromatic rings. The fourth-order valence-corrected chi connectivity index (χ4v) is 4.62. The molecule has 4 heteroatoms. The lowest BCUT2D eigenvalue weighted by molar-refractivity contribution is -0.127. The fraction of sp³-hybridized carbons (Fsp3) is 0.708. The lowest BCUT2D eigenvalue weighted by Crippen LogP contribution is -2.51. The Balaban J connectivity index is 1.38. The Kier molecular flexibility index (Phi) is 8.35. The van der Waals surface area contributed by atoms with Gasteiger partial charge in [-0.05, 0) is 69.6 Å². The monoisotopic (exact) mass is 385 g/mol. The van der Waals surface area contributed by atoms with E-state index in [9.17, 15) is 4.79 Å². The van der Waals surface area contributed by atoms with Crippen LogP contribution in [-0.4, -0.2) is 61.0 Å². The Morgan fingerprint density at radius 2 is 1.86 bits per heavy atom. The zero-order chi connectivity index (χ0) is 19.8. The van der Waals surface area contributed by atoms with Gasteiger partial charge in [-0.1, -0.05) is 44.2 Å². The number of amides is 1. The minimum atomic E-state index is 0.192. The van der Waals surface area contributed by atoms with Crippen LogP contribution in [0.1, 0.15) is 51.5 Å². The van der Waals surface area contributed by atoms with Crippen molar-refractivity contribution in [1.29, 1.82) is 0 Å². The molecule has 1 amide bonds. The molecule has 0 spiro atoms. The summed E-state index contributed by atoms with van der Waals surface area (Å²) >= 11 is 0. The van der Waals surface area contributed by atoms with E-state index in [1.807, 2.05) is 0 Å². The molecule has 156 valence electrons. The molecule has 0 aromatic heterocycles. The summed E-state index contributed by atoms with van der Waals surface area (Å²) in [5.41, 5.74) is 1.44. The fourth-order valence-electron chi connectivity index (χ4n) is 4.62. The number of hydrogen-bond acceptors (Lipinski definition) is 3. The summed E-state index contributed by atoms with van der Waals surface area (Å²) in [4.78, 5) is 17.8. The lowest BCUT2D eigenvalue weighted by atomic mass is 9.93. The minimum absolute atomic E-state index is 0.192. The molecule has 0 saturated carbocycles. The van der Waals surface area contributed by atoms with Crippen molar-refractivity contribution in [2.24, 2.45) is 11.8 Å². The van der Waals surface area contributed by atoms with Crippen LogP contribution >= 0.6 is 0 Å². The Bertz CT molecular complexity index is 581. The molecule has 0 aliphatic carbocycles. The summed E-state index contributed by atoms with van der Waals surface area (Å²) in [7, 11) is 0. The van der Waals surface area contributed by atoms with Crippen LogP contribution in [0, 0.1) is 11.8 Å². The van der Waals surface area contributed by atoms with Gasteiger partial charge in [-0.2, -0.15) is 0 Å². The van der Waals surface area contributed by atoms with Gasteiger partial charge in [0.25, 0.3) is 0 Å². The number of hydrogen-bond donors (Lipinski definition) is 1. The third-order valence-electron chi connectivity index (χ3n) is 6.48. The molecule has 0 bridgehead atoms. The third kappa shape index (κ3) is 6.59. The molecule has 28 heavy (non-hydrogen) atoms. The number of piperidine rings is 2. The maximum absolute atomic E-state index is 12.5. The molecule has 1 N–H and O–H groups in total. The Morgan fingerprint density at radius 1 is 1.11 bits per heavy atom. The summed E-state index contributed by atoms with van der Waals surface area (Å²) in [5.74, 6) is 1.12. The first kappa shape index (κ1) is 21.3. The van der Waals surface area contributed by atoms with E-state index in [0.717, 1.165) is 45.3 Å². The molecule has 3 rings (SSSR count). The van der Waals surface area contributed by atoms with Crippen LogP contribution in [0.3, 0.4) is 0 Å². The van der Waals surface area contributed by atoms with Gasteiger partial charge in [-0.25, -0.2) is 0 Å². The first-order valence-electron chi connectivity index (χ1n) is 11.4. The molecule has 2 saturated heterocycles. The summed E-state index contributed by atoms with van der Waals surface area (Å²) in [6.07, 6.45) is 6.93. The van der Waals surface area contributed by atoms with Gasteiger partial charge in [0.15, 0.2) is 0 Å². The predicted molar refractivity (Wildman–Crippen MR) is 116 cm³/mol. The van der Waals surface area contributed by atoms with Crippen LogP contribution in [0.2, 0.25) is 0 Å². The smallest absolute Gasteiger partial charge is 0.224 e. The molecule has 1 aromatic carbocycles. The number of benzene rings is 1. The maximum Gasteiger partial charge on any atom is 0.224 e. The molecular weight excluding hydrogens is 346 g/mol. The van der Waals surface area contributed by atoms with Gasteiger partial charge in [0.1, 0.15) is 0 Å². The van der Waals surface area contributed by atoms with Crippen molar-refractivity contribution < 1.29 is 4.79 Å². The molecule has 4 nitrogen and oxygen atoms in total. The van der Waals surface area contributed by atoms with Crippen molar-refractivity contribution in [2.75, 3.05) is 39.3 Å². The summed E-state index contributed by atoms with van der Waals surface area (Å²) in [5, 5.41) is 3.17. The molecule has 1 unspecified atom stereocenters. The minimum Gasteiger partial charge on any atom is -0.356 e. The standard InChI is InChI=1S/C24H39N3O/c1-20(2)10-14-25-24(28)22-9-6-15-27(19-22)23-12-17-26(18-13-23)16-11-21-7-4-3-5-8-21/h3-5,7-8,20,22-23H,6,9-19H2,1-2H3,(H,25,28). The van der Waals surface area contributed by atoms with Crippen molar-refractivity contribution in [3.8, 4) is 0 Å². The van der Waals surface area contributed by atoms with Crippen molar-refractivity contribution in [3.63, 3.8) is 0 Å². The highest BCUT2D eigenvalue weighted by Crippen LogP contribution is 2.24. The zero-order valence-corrected chi connectivity index (χ0v) is 17.9. The van der Waals surface area contributed by atoms with E-state index in [-0.39, 0.29) is 11.8 Å². The van der Waals surface area contributed by atoms with E-state index >= 15 is 0 Å². The van der Waals surface area contributed by atoms with Gasteiger partial charge in [0, 0.05) is 25.7 Å². The maximum atomic E-state index is 12.5. The van der Waals surface area contributed by atoms with Crippen molar-refractivity contribution in [1.82, 2.24) is 15.1 Å². The van der Waals surface area contributed by atoms with E-state index in [2.05, 4.69) is 59.3 Å². The van der Waals surface area contributed by atoms with Crippen LogP contribution in [0.25, 0.3) is 0 Å². The average molecular weight is 386 g/mol. The number of carbonyl (C=O) groups excluding carboxylic acids is 1. The van der Waals surface area contributed by atoms with E-state index in [0.29, 0.717) is 12.0 Å². The molecule has 2 aliphatic rings. The second-order valence-electron chi connectivity index (χ2n) is 9.12. The first-order chi connectivity index (χ1) is 13.6. The second-order valence-corrected chi connectivity index (χ2v) is 9.12. The van der Waals surface area contributed by atoms with Gasteiger partial charge < -0.3 is 10.2 Å². The number of nitrogens with zero attached hydrogens (tertiary/aromatic N) is 2. The van der Waals surface area contributed by atoms with E-state index in [1.54, 1.807) is 0 Å². The average Bonchev–Trinajstić information content (AvgIpc) is 2.73. The summed E-state index contributed by atoms with van der Waals surface area (Å²) in [6.45, 7) is 10.9. The Morgan fingerprint density at radius 3 is 2.57 bits per heavy atom. The Labute approximate surface area is 171 Å². The van der Waals surface area contributed by atoms with Gasteiger partial charge in [0.05, 0.1) is 5.92 Å². The zero-order valence-electron chi connectivity index (χ0n) is 17.9. The summed E-state index contributed by atoms with van der Waals surface area (Å²) in [6, 6.07) is 11.5. The van der Waals surface area contributed by atoms with Crippen LogP contribution in [0.5, 0.6) is 0 Å². The van der Waals surface area contributed by atoms with E-state index in [4.69, 9.17) is 0 Å². The highest BCUT2D eigenvalue weighted by molar-refractivity contribution is 5.78. The molecule has 2 aliphatic heterocycles. The van der Waals surface area contributed by atoms with Gasteiger partial charge in [0.2, 0.25) is 5.91 Å². The molecule has 1 atom stereocenters. The van der Waals surface area contributed by atoms with Gasteiger partial charge in [-0.15, -0.1) is 0 Å². The van der Waals surface area contributed by atoms with Gasteiger partial charge in [-0.3, -0.25) is 9.69 Å². The largest absolute Gasteiger partial charge is 0.356 e. The second kappa shape index (κ2) is 11.0. The SMILES string of the molecule is CC(C)CCNC(=O)C1CCCN(C2CCN(CCc3ccccc3)CC2)C1. The summed E-state index contributed by atoms with van der Waals surface area (Å²) < 4.78 is 0. The molecule has 2 heterocycles. The van der Waals surface area contributed by atoms with E-state index in [1.165, 1.54) is 38.0 Å². The number of likely N-dealkylation sites (tertiary alicyclic amines) is 2. The van der Waals surface area contributed by atoms with Crippen LogP contribution in [0.4, 0.5) is 0 Å². The molecular formula is C24H39N3O. The van der Waals surface area contributed by atoms with Crippen LogP contribution < -0.4 is 5.32 Å². The number of nitrogens with one attached hydrogen (secondary N) is 1. The molecule has 2 fully saturated rings.